The summed E-state index contributed by atoms with van der Waals surface area (Å²) in [6.45, 7) is 3.96. The van der Waals surface area contributed by atoms with Crippen LogP contribution in [0.25, 0.3) is 0 Å². The normalized spacial score (nSPS) is 16.2. The molecule has 5 heteroatoms. The first kappa shape index (κ1) is 14.7. The van der Waals surface area contributed by atoms with Crippen LogP contribution in [-0.4, -0.2) is 37.4 Å². The van der Waals surface area contributed by atoms with Gasteiger partial charge in [-0.15, -0.1) is 0 Å². The summed E-state index contributed by atoms with van der Waals surface area (Å²) in [6.07, 6.45) is 1.82. The van der Waals surface area contributed by atoms with Crippen LogP contribution in [0.5, 0.6) is 0 Å². The molecule has 1 saturated heterocycles. The van der Waals surface area contributed by atoms with Gasteiger partial charge in [-0.05, 0) is 37.8 Å². The monoisotopic (exact) mass is 278 g/mol. The van der Waals surface area contributed by atoms with Crippen molar-refractivity contribution in [3.05, 3.63) is 23.8 Å². The summed E-state index contributed by atoms with van der Waals surface area (Å²) in [4.78, 5) is 14.2. The van der Waals surface area contributed by atoms with Crippen molar-refractivity contribution in [2.24, 2.45) is 5.92 Å². The van der Waals surface area contributed by atoms with Crippen molar-refractivity contribution in [2.75, 3.05) is 36.9 Å². The number of hydrogen-bond acceptors (Lipinski definition) is 5. The Morgan fingerprint density at radius 2 is 2.15 bits per heavy atom. The molecule has 2 rings (SSSR count). The zero-order chi connectivity index (χ0) is 14.5. The largest absolute Gasteiger partial charge is 0.462 e. The molecule has 0 bridgehead atoms. The summed E-state index contributed by atoms with van der Waals surface area (Å²) in [7, 11) is 0. The number of hydrogen-bond donors (Lipinski definition) is 2. The average molecular weight is 278 g/mol. The number of carbonyl (C=O) groups excluding carboxylic acids is 1. The van der Waals surface area contributed by atoms with Crippen LogP contribution in [0.15, 0.2) is 18.2 Å². The Morgan fingerprint density at radius 3 is 2.75 bits per heavy atom. The third-order valence-corrected chi connectivity index (χ3v) is 3.75. The highest BCUT2D eigenvalue weighted by molar-refractivity contribution is 5.99. The van der Waals surface area contributed by atoms with Crippen LogP contribution in [0.2, 0.25) is 0 Å². The highest BCUT2D eigenvalue weighted by atomic mass is 16.5. The van der Waals surface area contributed by atoms with Gasteiger partial charge < -0.3 is 20.5 Å². The molecule has 0 amide bonds. The third kappa shape index (κ3) is 3.04. The van der Waals surface area contributed by atoms with E-state index in [1.165, 1.54) is 0 Å². The van der Waals surface area contributed by atoms with Gasteiger partial charge in [0.1, 0.15) is 0 Å². The predicted octanol–water partition coefficient (Wildman–Crippen LogP) is 1.65. The van der Waals surface area contributed by atoms with Crippen LogP contribution in [-0.2, 0) is 4.74 Å². The first-order valence-corrected chi connectivity index (χ1v) is 7.08. The molecule has 0 aliphatic carbocycles. The highest BCUT2D eigenvalue weighted by Crippen LogP contribution is 2.32. The highest BCUT2D eigenvalue weighted by Gasteiger charge is 2.24. The van der Waals surface area contributed by atoms with Crippen molar-refractivity contribution in [1.82, 2.24) is 0 Å². The summed E-state index contributed by atoms with van der Waals surface area (Å²) < 4.78 is 5.10. The minimum Gasteiger partial charge on any atom is -0.462 e. The number of esters is 1. The number of nitrogen functional groups attached to an aromatic ring is 1. The number of para-hydroxylation sites is 1. The van der Waals surface area contributed by atoms with Gasteiger partial charge in [-0.1, -0.05) is 6.07 Å². The fourth-order valence-electron chi connectivity index (χ4n) is 2.63. The molecular weight excluding hydrogens is 256 g/mol. The zero-order valence-corrected chi connectivity index (χ0v) is 11.8. The van der Waals surface area contributed by atoms with Crippen LogP contribution >= 0.6 is 0 Å². The lowest BCUT2D eigenvalue weighted by molar-refractivity contribution is 0.0527. The molecule has 1 aromatic rings. The lowest BCUT2D eigenvalue weighted by atomic mass is 9.96. The van der Waals surface area contributed by atoms with Crippen LogP contribution in [0.4, 0.5) is 11.4 Å². The second kappa shape index (κ2) is 6.61. The van der Waals surface area contributed by atoms with Crippen molar-refractivity contribution in [3.63, 3.8) is 0 Å². The van der Waals surface area contributed by atoms with Crippen LogP contribution < -0.4 is 10.6 Å². The molecule has 1 aliphatic heterocycles. The third-order valence-electron chi connectivity index (χ3n) is 3.75. The van der Waals surface area contributed by atoms with Crippen molar-refractivity contribution in [2.45, 2.75) is 19.8 Å². The number of carbonyl (C=O) groups is 1. The second-order valence-corrected chi connectivity index (χ2v) is 5.08. The van der Waals surface area contributed by atoms with Gasteiger partial charge in [-0.3, -0.25) is 0 Å². The number of piperidine rings is 1. The molecule has 0 saturated carbocycles. The molecule has 0 unspecified atom stereocenters. The molecule has 110 valence electrons. The number of ether oxygens (including phenoxy) is 1. The summed E-state index contributed by atoms with van der Waals surface area (Å²) in [5.41, 5.74) is 7.94. The fraction of sp³-hybridized carbons (Fsp3) is 0.533. The Bertz CT molecular complexity index is 468. The summed E-state index contributed by atoms with van der Waals surface area (Å²) >= 11 is 0. The van der Waals surface area contributed by atoms with E-state index in [0.717, 1.165) is 31.6 Å². The Kier molecular flexibility index (Phi) is 4.84. The molecule has 1 aromatic carbocycles. The van der Waals surface area contributed by atoms with Crippen molar-refractivity contribution in [3.8, 4) is 0 Å². The number of benzene rings is 1. The molecule has 20 heavy (non-hydrogen) atoms. The lowest BCUT2D eigenvalue weighted by Crippen LogP contribution is -2.36. The van der Waals surface area contributed by atoms with Gasteiger partial charge in [0.25, 0.3) is 0 Å². The van der Waals surface area contributed by atoms with E-state index < -0.39 is 0 Å². The predicted molar refractivity (Wildman–Crippen MR) is 78.8 cm³/mol. The molecule has 1 fully saturated rings. The zero-order valence-electron chi connectivity index (χ0n) is 11.8. The van der Waals surface area contributed by atoms with E-state index in [-0.39, 0.29) is 12.6 Å². The van der Waals surface area contributed by atoms with Gasteiger partial charge in [0.15, 0.2) is 0 Å². The SMILES string of the molecule is CCOC(=O)c1cccc(N)c1N1CCC(CO)CC1. The molecule has 0 radical (unpaired) electrons. The van der Waals surface area contributed by atoms with E-state index in [4.69, 9.17) is 10.5 Å². The van der Waals surface area contributed by atoms with Crippen molar-refractivity contribution >= 4 is 17.3 Å². The summed E-state index contributed by atoms with van der Waals surface area (Å²) in [5, 5.41) is 9.20. The molecule has 0 aromatic heterocycles. The topological polar surface area (TPSA) is 75.8 Å². The number of rotatable bonds is 4. The van der Waals surface area contributed by atoms with Crippen molar-refractivity contribution < 1.29 is 14.6 Å². The van der Waals surface area contributed by atoms with E-state index in [1.54, 1.807) is 25.1 Å². The molecule has 1 heterocycles. The van der Waals surface area contributed by atoms with E-state index in [9.17, 15) is 9.90 Å². The minimum atomic E-state index is -0.334. The van der Waals surface area contributed by atoms with E-state index in [2.05, 4.69) is 4.90 Å². The van der Waals surface area contributed by atoms with Gasteiger partial charge in [0.2, 0.25) is 0 Å². The number of nitrogens with two attached hydrogens (primary N) is 1. The number of aliphatic hydroxyl groups excluding tert-OH is 1. The molecule has 3 N–H and O–H groups in total. The molecule has 0 spiro atoms. The molecule has 1 aliphatic rings. The van der Waals surface area contributed by atoms with E-state index in [0.29, 0.717) is 23.8 Å². The summed E-state index contributed by atoms with van der Waals surface area (Å²) in [5.74, 6) is 0.0151. The fourth-order valence-corrected chi connectivity index (χ4v) is 2.63. The quantitative estimate of drug-likeness (QED) is 0.647. The van der Waals surface area contributed by atoms with Crippen LogP contribution in [0, 0.1) is 5.92 Å². The number of aliphatic hydroxyl groups is 1. The van der Waals surface area contributed by atoms with E-state index in [1.807, 2.05) is 0 Å². The Labute approximate surface area is 119 Å². The van der Waals surface area contributed by atoms with Crippen molar-refractivity contribution in [1.29, 1.82) is 0 Å². The van der Waals surface area contributed by atoms with Gasteiger partial charge in [-0.25, -0.2) is 4.79 Å². The smallest absolute Gasteiger partial charge is 0.340 e. The minimum absolute atomic E-state index is 0.225. The Balaban J connectivity index is 2.24. The van der Waals surface area contributed by atoms with E-state index >= 15 is 0 Å². The maximum atomic E-state index is 12.0. The van der Waals surface area contributed by atoms with Gasteiger partial charge in [-0.2, -0.15) is 0 Å². The molecule has 0 atom stereocenters. The average Bonchev–Trinajstić information content (AvgIpc) is 2.47. The van der Waals surface area contributed by atoms with Crippen LogP contribution in [0.1, 0.15) is 30.1 Å². The van der Waals surface area contributed by atoms with Gasteiger partial charge >= 0.3 is 5.97 Å². The Hall–Kier alpha value is -1.75. The maximum absolute atomic E-state index is 12.0. The first-order valence-electron chi connectivity index (χ1n) is 7.08. The summed E-state index contributed by atoms with van der Waals surface area (Å²) in [6, 6.07) is 5.32. The first-order chi connectivity index (χ1) is 9.67. The van der Waals surface area contributed by atoms with Crippen LogP contribution in [0.3, 0.4) is 0 Å². The molecular formula is C15H22N2O3. The van der Waals surface area contributed by atoms with Gasteiger partial charge in [0, 0.05) is 19.7 Å². The Morgan fingerprint density at radius 1 is 1.45 bits per heavy atom. The lowest BCUT2D eigenvalue weighted by Gasteiger charge is -2.34. The maximum Gasteiger partial charge on any atom is 0.340 e. The number of nitrogens with zero attached hydrogens (tertiary/aromatic N) is 1. The number of anilines is 2. The second-order valence-electron chi connectivity index (χ2n) is 5.08. The standard InChI is InChI=1S/C15H22N2O3/c1-2-20-15(19)12-4-3-5-13(16)14(12)17-8-6-11(10-18)7-9-17/h3-5,11,18H,2,6-10,16H2,1H3. The molecule has 5 nitrogen and oxygen atoms in total. The van der Waals surface area contributed by atoms with Gasteiger partial charge in [0.05, 0.1) is 23.5 Å².